The Labute approximate surface area is 99.1 Å². The number of unbranched alkanes of at least 4 members (excludes halogenated alkanes) is 2. The zero-order valence-electron chi connectivity index (χ0n) is 10.2. The fourth-order valence-electron chi connectivity index (χ4n) is 2.42. The summed E-state index contributed by atoms with van der Waals surface area (Å²) in [5, 5.41) is 0. The largest absolute Gasteiger partial charge is 0.463 e. The van der Waals surface area contributed by atoms with E-state index < -0.39 is 0 Å². The van der Waals surface area contributed by atoms with Crippen molar-refractivity contribution >= 4 is 5.97 Å². The zero-order chi connectivity index (χ0) is 11.6. The van der Waals surface area contributed by atoms with Gasteiger partial charge in [0.25, 0.3) is 0 Å². The van der Waals surface area contributed by atoms with Crippen molar-refractivity contribution in [3.63, 3.8) is 0 Å². The van der Waals surface area contributed by atoms with E-state index in [1.807, 2.05) is 0 Å². The molecule has 1 aliphatic carbocycles. The van der Waals surface area contributed by atoms with Gasteiger partial charge in [-0.3, -0.25) is 0 Å². The van der Waals surface area contributed by atoms with Crippen LogP contribution < -0.4 is 0 Å². The maximum atomic E-state index is 10.8. The van der Waals surface area contributed by atoms with E-state index in [0.29, 0.717) is 6.61 Å². The number of rotatable bonds is 7. The fraction of sp³-hybridized carbons (Fsp3) is 0.786. The molecule has 0 radical (unpaired) electrons. The minimum atomic E-state index is -0.299. The second-order valence-electron chi connectivity index (χ2n) is 4.72. The Balaban J connectivity index is 1.87. The Kier molecular flexibility index (Phi) is 6.95. The van der Waals surface area contributed by atoms with Gasteiger partial charge < -0.3 is 4.74 Å². The van der Waals surface area contributed by atoms with E-state index >= 15 is 0 Å². The molecule has 2 nitrogen and oxygen atoms in total. The second-order valence-corrected chi connectivity index (χ2v) is 4.72. The van der Waals surface area contributed by atoms with Crippen LogP contribution in [0.25, 0.3) is 0 Å². The molecule has 0 heterocycles. The normalized spacial score (nSPS) is 17.0. The lowest BCUT2D eigenvalue weighted by atomic mass is 9.86. The summed E-state index contributed by atoms with van der Waals surface area (Å²) in [5.41, 5.74) is 0. The van der Waals surface area contributed by atoms with Gasteiger partial charge in [0.1, 0.15) is 0 Å². The number of carbonyl (C=O) groups is 1. The molecule has 0 spiro atoms. The molecule has 0 saturated heterocycles. The van der Waals surface area contributed by atoms with Crippen molar-refractivity contribution in [2.45, 2.75) is 57.8 Å². The van der Waals surface area contributed by atoms with Gasteiger partial charge in [-0.2, -0.15) is 0 Å². The third-order valence-corrected chi connectivity index (χ3v) is 3.39. The zero-order valence-corrected chi connectivity index (χ0v) is 10.2. The second kappa shape index (κ2) is 8.37. The first kappa shape index (κ1) is 13.3. The third-order valence-electron chi connectivity index (χ3n) is 3.39. The van der Waals surface area contributed by atoms with E-state index in [-0.39, 0.29) is 5.97 Å². The number of esters is 1. The first-order valence-electron chi connectivity index (χ1n) is 6.62. The molecule has 1 rings (SSSR count). The van der Waals surface area contributed by atoms with Gasteiger partial charge in [-0.15, -0.1) is 0 Å². The lowest BCUT2D eigenvalue weighted by molar-refractivity contribution is -0.137. The highest BCUT2D eigenvalue weighted by molar-refractivity contribution is 5.81. The molecule has 0 atom stereocenters. The standard InChI is InChI=1S/C14H24O2/c1-2-14(15)16-12-8-4-7-11-13-9-5-3-6-10-13/h2,13H,1,3-12H2. The predicted octanol–water partition coefficient (Wildman–Crippen LogP) is 3.86. The molecule has 0 N–H and O–H groups in total. The van der Waals surface area contributed by atoms with E-state index in [0.717, 1.165) is 12.3 Å². The van der Waals surface area contributed by atoms with Crippen LogP contribution in [0, 0.1) is 5.92 Å². The summed E-state index contributed by atoms with van der Waals surface area (Å²) in [7, 11) is 0. The van der Waals surface area contributed by atoms with E-state index in [9.17, 15) is 4.79 Å². The van der Waals surface area contributed by atoms with Crippen LogP contribution in [0.3, 0.4) is 0 Å². The SMILES string of the molecule is C=CC(=O)OCCCCCC1CCCCC1. The molecular weight excluding hydrogens is 200 g/mol. The highest BCUT2D eigenvalue weighted by Gasteiger charge is 2.12. The Hall–Kier alpha value is -0.790. The number of hydrogen-bond acceptors (Lipinski definition) is 2. The molecule has 2 heteroatoms. The maximum absolute atomic E-state index is 10.8. The van der Waals surface area contributed by atoms with Crippen molar-refractivity contribution in [1.82, 2.24) is 0 Å². The van der Waals surface area contributed by atoms with Gasteiger partial charge in [0.2, 0.25) is 0 Å². The number of hydrogen-bond donors (Lipinski definition) is 0. The van der Waals surface area contributed by atoms with Crippen LogP contribution in [0.5, 0.6) is 0 Å². The highest BCUT2D eigenvalue weighted by Crippen LogP contribution is 2.27. The van der Waals surface area contributed by atoms with Crippen LogP contribution >= 0.6 is 0 Å². The molecule has 0 unspecified atom stereocenters. The van der Waals surface area contributed by atoms with Crippen molar-refractivity contribution in [2.24, 2.45) is 5.92 Å². The molecule has 0 aromatic carbocycles. The molecular formula is C14H24O2. The number of ether oxygens (including phenoxy) is 1. The molecule has 1 aliphatic rings. The van der Waals surface area contributed by atoms with E-state index in [4.69, 9.17) is 4.74 Å². The molecule has 1 saturated carbocycles. The van der Waals surface area contributed by atoms with Crippen molar-refractivity contribution in [3.8, 4) is 0 Å². The quantitative estimate of drug-likeness (QED) is 0.373. The van der Waals surface area contributed by atoms with Gasteiger partial charge in [0.15, 0.2) is 0 Å². The molecule has 1 fully saturated rings. The maximum Gasteiger partial charge on any atom is 0.330 e. The van der Waals surface area contributed by atoms with Crippen LogP contribution in [0.15, 0.2) is 12.7 Å². The summed E-state index contributed by atoms with van der Waals surface area (Å²) >= 11 is 0. The summed E-state index contributed by atoms with van der Waals surface area (Å²) < 4.78 is 4.93. The average Bonchev–Trinajstić information content (AvgIpc) is 2.34. The predicted molar refractivity (Wildman–Crippen MR) is 66.2 cm³/mol. The molecule has 0 amide bonds. The van der Waals surface area contributed by atoms with Gasteiger partial charge in [-0.25, -0.2) is 4.79 Å². The monoisotopic (exact) mass is 224 g/mol. The van der Waals surface area contributed by atoms with Crippen LogP contribution in [0.2, 0.25) is 0 Å². The Morgan fingerprint density at radius 2 is 1.94 bits per heavy atom. The van der Waals surface area contributed by atoms with Gasteiger partial charge in [0.05, 0.1) is 6.61 Å². The van der Waals surface area contributed by atoms with Crippen LogP contribution in [0.1, 0.15) is 57.8 Å². The minimum Gasteiger partial charge on any atom is -0.463 e. The van der Waals surface area contributed by atoms with Gasteiger partial charge in [0, 0.05) is 6.08 Å². The summed E-state index contributed by atoms with van der Waals surface area (Å²) in [6.07, 6.45) is 13.2. The Bertz CT molecular complexity index is 205. The van der Waals surface area contributed by atoms with Crippen molar-refractivity contribution in [1.29, 1.82) is 0 Å². The molecule has 0 aromatic rings. The molecule has 92 valence electrons. The fourth-order valence-corrected chi connectivity index (χ4v) is 2.42. The Morgan fingerprint density at radius 1 is 1.19 bits per heavy atom. The van der Waals surface area contributed by atoms with Gasteiger partial charge >= 0.3 is 5.97 Å². The Morgan fingerprint density at radius 3 is 2.62 bits per heavy atom. The number of carbonyl (C=O) groups excluding carboxylic acids is 1. The van der Waals surface area contributed by atoms with E-state index in [2.05, 4.69) is 6.58 Å². The first-order chi connectivity index (χ1) is 7.83. The van der Waals surface area contributed by atoms with Gasteiger partial charge in [-0.05, 0) is 12.3 Å². The highest BCUT2D eigenvalue weighted by atomic mass is 16.5. The smallest absolute Gasteiger partial charge is 0.330 e. The summed E-state index contributed by atoms with van der Waals surface area (Å²) in [5.74, 6) is 0.678. The van der Waals surface area contributed by atoms with Crippen LogP contribution in [-0.4, -0.2) is 12.6 Å². The molecule has 0 bridgehead atoms. The average molecular weight is 224 g/mol. The van der Waals surface area contributed by atoms with Crippen LogP contribution in [-0.2, 0) is 9.53 Å². The summed E-state index contributed by atoms with van der Waals surface area (Å²) in [6, 6.07) is 0. The van der Waals surface area contributed by atoms with Gasteiger partial charge in [-0.1, -0.05) is 57.9 Å². The topological polar surface area (TPSA) is 26.3 Å². The molecule has 0 aliphatic heterocycles. The minimum absolute atomic E-state index is 0.299. The van der Waals surface area contributed by atoms with Crippen molar-refractivity contribution in [3.05, 3.63) is 12.7 Å². The van der Waals surface area contributed by atoms with E-state index in [1.165, 1.54) is 57.4 Å². The lowest BCUT2D eigenvalue weighted by Crippen LogP contribution is -2.06. The molecule has 0 aromatic heterocycles. The van der Waals surface area contributed by atoms with Crippen LogP contribution in [0.4, 0.5) is 0 Å². The first-order valence-corrected chi connectivity index (χ1v) is 6.62. The van der Waals surface area contributed by atoms with Crippen molar-refractivity contribution in [2.75, 3.05) is 6.61 Å². The van der Waals surface area contributed by atoms with Crippen molar-refractivity contribution < 1.29 is 9.53 Å². The third kappa shape index (κ3) is 5.94. The summed E-state index contributed by atoms with van der Waals surface area (Å²) in [4.78, 5) is 10.8. The lowest BCUT2D eigenvalue weighted by Gasteiger charge is -2.21. The summed E-state index contributed by atoms with van der Waals surface area (Å²) in [6.45, 7) is 3.91. The van der Waals surface area contributed by atoms with E-state index in [1.54, 1.807) is 0 Å². The molecule has 16 heavy (non-hydrogen) atoms.